The van der Waals surface area contributed by atoms with Crippen molar-refractivity contribution in [1.82, 2.24) is 14.7 Å². The molecule has 1 unspecified atom stereocenters. The molecule has 322 valence electrons. The number of benzene rings is 3. The molecule has 1 atom stereocenters. The number of ether oxygens (including phenoxy) is 3. The molecule has 6 rings (SSSR count). The van der Waals surface area contributed by atoms with Gasteiger partial charge in [0.25, 0.3) is 0 Å². The van der Waals surface area contributed by atoms with Crippen LogP contribution in [0.15, 0.2) is 84.9 Å². The summed E-state index contributed by atoms with van der Waals surface area (Å²) in [4.78, 5) is 19.6. The Bertz CT molecular complexity index is 1430. The van der Waals surface area contributed by atoms with E-state index in [1.807, 2.05) is 84.9 Å². The normalized spacial score (nSPS) is 17.1. The van der Waals surface area contributed by atoms with Gasteiger partial charge in [0.15, 0.2) is 5.78 Å². The summed E-state index contributed by atoms with van der Waals surface area (Å²) in [6.07, 6.45) is 20.2. The number of hydrogen-bond acceptors (Lipinski definition) is 7. The van der Waals surface area contributed by atoms with Gasteiger partial charge in [0, 0.05) is 24.1 Å². The minimum absolute atomic E-state index is 0.293. The van der Waals surface area contributed by atoms with Crippen LogP contribution < -0.4 is 14.2 Å². The maximum Gasteiger partial charge on any atom is 0.165 e. The number of carbonyl (C=O) groups excluding carboxylic acids is 1. The Labute approximate surface area is 353 Å². The van der Waals surface area contributed by atoms with Gasteiger partial charge in [-0.2, -0.15) is 0 Å². The molecule has 58 heavy (non-hydrogen) atoms. The van der Waals surface area contributed by atoms with Gasteiger partial charge in [-0.3, -0.25) is 4.79 Å². The Kier molecular flexibility index (Phi) is 24.3. The second kappa shape index (κ2) is 29.8. The minimum atomic E-state index is 0.293. The first-order valence-corrected chi connectivity index (χ1v) is 23.4. The Morgan fingerprint density at radius 3 is 1.72 bits per heavy atom. The summed E-state index contributed by atoms with van der Waals surface area (Å²) >= 11 is 0. The molecule has 0 N–H and O–H groups in total. The van der Waals surface area contributed by atoms with E-state index in [1.165, 1.54) is 116 Å². The summed E-state index contributed by atoms with van der Waals surface area (Å²) in [6.45, 7) is 19.2. The van der Waals surface area contributed by atoms with Crippen LogP contribution in [-0.4, -0.2) is 98.7 Å². The molecule has 0 radical (unpaired) electrons. The number of Topliss-reactive ketones (excluding diaryl/α,β-unsaturated/α-hetero) is 1. The van der Waals surface area contributed by atoms with Crippen LogP contribution in [0.3, 0.4) is 0 Å². The first-order valence-electron chi connectivity index (χ1n) is 23.4. The molecule has 3 aromatic carbocycles. The molecule has 3 aliphatic rings. The third-order valence-corrected chi connectivity index (χ3v) is 11.6. The maximum absolute atomic E-state index is 11.9. The Morgan fingerprint density at radius 1 is 0.586 bits per heavy atom. The molecule has 0 aromatic heterocycles. The molecule has 3 fully saturated rings. The molecule has 1 aliphatic carbocycles. The quantitative estimate of drug-likeness (QED) is 0.0661. The molecule has 2 aliphatic heterocycles. The molecule has 7 nitrogen and oxygen atoms in total. The van der Waals surface area contributed by atoms with Crippen LogP contribution in [-0.2, 0) is 0 Å². The van der Waals surface area contributed by atoms with E-state index in [9.17, 15) is 4.79 Å². The van der Waals surface area contributed by atoms with Crippen molar-refractivity contribution in [3.63, 3.8) is 0 Å². The van der Waals surface area contributed by atoms with Crippen LogP contribution in [0.1, 0.15) is 134 Å². The summed E-state index contributed by atoms with van der Waals surface area (Å²) in [6, 6.07) is 28.6. The smallest absolute Gasteiger partial charge is 0.165 e. The van der Waals surface area contributed by atoms with Crippen molar-refractivity contribution < 1.29 is 19.0 Å². The second-order valence-corrected chi connectivity index (χ2v) is 16.5. The lowest BCUT2D eigenvalue weighted by Gasteiger charge is -2.33. The van der Waals surface area contributed by atoms with Gasteiger partial charge in [-0.05, 0) is 191 Å². The van der Waals surface area contributed by atoms with Gasteiger partial charge in [-0.25, -0.2) is 0 Å². The van der Waals surface area contributed by atoms with Gasteiger partial charge >= 0.3 is 0 Å². The summed E-state index contributed by atoms with van der Waals surface area (Å²) in [5.74, 6) is 3.44. The zero-order chi connectivity index (χ0) is 40.9. The van der Waals surface area contributed by atoms with Crippen molar-refractivity contribution in [2.45, 2.75) is 130 Å². The number of rotatable bonds is 24. The first kappa shape index (κ1) is 47.3. The highest BCUT2D eigenvalue weighted by molar-refractivity contribution is 5.99. The van der Waals surface area contributed by atoms with E-state index in [0.717, 1.165) is 87.3 Å². The van der Waals surface area contributed by atoms with Gasteiger partial charge in [-0.1, -0.05) is 63.1 Å². The van der Waals surface area contributed by atoms with Gasteiger partial charge in [0.1, 0.15) is 17.2 Å². The van der Waals surface area contributed by atoms with Crippen LogP contribution in [0.5, 0.6) is 17.2 Å². The van der Waals surface area contributed by atoms with Crippen molar-refractivity contribution in [1.29, 1.82) is 0 Å². The lowest BCUT2D eigenvalue weighted by molar-refractivity contribution is 0.0967. The van der Waals surface area contributed by atoms with Crippen molar-refractivity contribution in [2.75, 3.05) is 72.2 Å². The summed E-state index contributed by atoms with van der Waals surface area (Å²) in [5, 5.41) is 0. The topological polar surface area (TPSA) is 54.5 Å². The lowest BCUT2D eigenvalue weighted by atomic mass is 10.0. The van der Waals surface area contributed by atoms with Crippen LogP contribution >= 0.6 is 0 Å². The highest BCUT2D eigenvalue weighted by atomic mass is 16.5. The molecule has 1 saturated carbocycles. The van der Waals surface area contributed by atoms with E-state index >= 15 is 0 Å². The zero-order valence-corrected chi connectivity index (χ0v) is 36.8. The van der Waals surface area contributed by atoms with Crippen molar-refractivity contribution in [2.24, 2.45) is 5.92 Å². The third-order valence-electron chi connectivity index (χ3n) is 11.6. The molecular weight excluding hydrogens is 719 g/mol. The third kappa shape index (κ3) is 20.5. The van der Waals surface area contributed by atoms with Crippen LogP contribution in [0.4, 0.5) is 0 Å². The zero-order valence-electron chi connectivity index (χ0n) is 36.8. The fraction of sp³-hybridized carbons (Fsp3) is 0.627. The highest BCUT2D eigenvalue weighted by Crippen LogP contribution is 2.33. The molecule has 2 heterocycles. The number of likely N-dealkylation sites (tertiary alicyclic amines) is 2. The predicted molar refractivity (Wildman–Crippen MR) is 243 cm³/mol. The maximum atomic E-state index is 11.9. The average Bonchev–Trinajstić information content (AvgIpc) is 4.13. The molecule has 3 aromatic rings. The van der Waals surface area contributed by atoms with E-state index in [0.29, 0.717) is 11.7 Å². The number of unbranched alkanes of at least 4 members (excludes halogenated alkanes) is 4. The second-order valence-electron chi connectivity index (χ2n) is 16.5. The molecule has 0 spiro atoms. The molecule has 0 amide bonds. The van der Waals surface area contributed by atoms with E-state index in [1.54, 1.807) is 0 Å². The standard InChI is InChI=1S/C18H25NO2.C17H27NO.C16H27NO/c20-18(15-5-6-15)16-7-9-17(10-8-16)21-14-4-13-19-11-2-1-3-12-19;1-16-10-6-8-14-18(16)13-7-3-9-15-19-17-11-4-2-5-12-17;1-3-13-17(4-2)14-9-6-10-15-18-16-11-7-5-8-12-16/h7-10,15H,1-6,11-14H2;2,4-5,11-12,16H,3,6-10,13-15H2,1H3;5,7-8,11-12H,3-4,6,9-10,13-15H2,1-2H3. The predicted octanol–water partition coefficient (Wildman–Crippen LogP) is 11.6. The monoisotopic (exact) mass is 798 g/mol. The van der Waals surface area contributed by atoms with Gasteiger partial charge in [0.05, 0.1) is 19.8 Å². The van der Waals surface area contributed by atoms with Crippen molar-refractivity contribution >= 4 is 5.78 Å². The summed E-state index contributed by atoms with van der Waals surface area (Å²) in [7, 11) is 0. The van der Waals surface area contributed by atoms with Gasteiger partial charge < -0.3 is 28.9 Å². The van der Waals surface area contributed by atoms with Crippen LogP contribution in [0.25, 0.3) is 0 Å². The Balaban J connectivity index is 0.000000193. The molecule has 0 bridgehead atoms. The summed E-state index contributed by atoms with van der Waals surface area (Å²) in [5.41, 5.74) is 0.832. The Morgan fingerprint density at radius 2 is 1.16 bits per heavy atom. The van der Waals surface area contributed by atoms with E-state index in [4.69, 9.17) is 14.2 Å². The first-order chi connectivity index (χ1) is 28.6. The van der Waals surface area contributed by atoms with Gasteiger partial charge in [-0.15, -0.1) is 0 Å². The SMILES string of the molecule is CC1CCCCN1CCCCCOc1ccccc1.CCCN(CC)CCCCCOc1ccccc1.O=C(c1ccc(OCCCN2CCCCC2)cc1)C1CC1. The number of carbonyl (C=O) groups is 1. The average molecular weight is 798 g/mol. The fourth-order valence-electron chi connectivity index (χ4n) is 7.81. The van der Waals surface area contributed by atoms with Crippen molar-refractivity contribution in [3.8, 4) is 17.2 Å². The highest BCUT2D eigenvalue weighted by Gasteiger charge is 2.30. The van der Waals surface area contributed by atoms with Crippen LogP contribution in [0.2, 0.25) is 0 Å². The Hall–Kier alpha value is -3.39. The molecule has 7 heteroatoms. The number of nitrogens with zero attached hydrogens (tertiary/aromatic N) is 3. The number of hydrogen-bond donors (Lipinski definition) is 0. The summed E-state index contributed by atoms with van der Waals surface area (Å²) < 4.78 is 17.1. The van der Waals surface area contributed by atoms with E-state index in [-0.39, 0.29) is 0 Å². The number of ketones is 1. The van der Waals surface area contributed by atoms with E-state index in [2.05, 4.69) is 35.5 Å². The minimum Gasteiger partial charge on any atom is -0.494 e. The van der Waals surface area contributed by atoms with Gasteiger partial charge in [0.2, 0.25) is 0 Å². The van der Waals surface area contributed by atoms with Crippen molar-refractivity contribution in [3.05, 3.63) is 90.5 Å². The lowest BCUT2D eigenvalue weighted by Crippen LogP contribution is -2.37. The van der Waals surface area contributed by atoms with E-state index < -0.39 is 0 Å². The number of piperidine rings is 2. The molecule has 2 saturated heterocycles. The largest absolute Gasteiger partial charge is 0.494 e. The number of para-hydroxylation sites is 2. The fourth-order valence-corrected chi connectivity index (χ4v) is 7.81. The van der Waals surface area contributed by atoms with Crippen LogP contribution in [0, 0.1) is 5.92 Å². The molecular formula is C51H79N3O4.